The van der Waals surface area contributed by atoms with Crippen molar-refractivity contribution in [3.8, 4) is 11.5 Å². The molecular weight excluding hydrogens is 402 g/mol. The topological polar surface area (TPSA) is 154 Å². The Balaban J connectivity index is 1.94. The molecule has 10 nitrogen and oxygen atoms in total. The lowest BCUT2D eigenvalue weighted by molar-refractivity contribution is -0.757. The fraction of sp³-hybridized carbons (Fsp3) is 0.167. The number of benzene rings is 2. The summed E-state index contributed by atoms with van der Waals surface area (Å²) in [7, 11) is 0. The third kappa shape index (κ3) is 6.74. The normalized spacial score (nSPS) is 10.1. The van der Waals surface area contributed by atoms with Crippen molar-refractivity contribution in [3.05, 3.63) is 63.7 Å². The number of hydrogen-bond acceptors (Lipinski definition) is 8. The molecule has 0 saturated heterocycles. The van der Waals surface area contributed by atoms with Gasteiger partial charge < -0.3 is 25.7 Å². The third-order valence-corrected chi connectivity index (χ3v) is 3.83. The molecule has 0 heterocycles. The van der Waals surface area contributed by atoms with E-state index in [1.807, 2.05) is 0 Å². The number of carbonyl (C=O) groups is 2. The Morgan fingerprint density at radius 2 is 1.90 bits per heavy atom. The van der Waals surface area contributed by atoms with Crippen molar-refractivity contribution in [2.75, 3.05) is 11.9 Å². The number of amides is 1. The van der Waals surface area contributed by atoms with Gasteiger partial charge in [-0.05, 0) is 42.8 Å². The number of phenols is 1. The summed E-state index contributed by atoms with van der Waals surface area (Å²) in [5, 5.41) is 21.7. The zero-order valence-corrected chi connectivity index (χ0v) is 15.8. The first kappa shape index (κ1) is 21.6. The fourth-order valence-electron chi connectivity index (χ4n) is 2.23. The summed E-state index contributed by atoms with van der Waals surface area (Å²) in [5.74, 6) is -1.36. The zero-order chi connectivity index (χ0) is 21.4. The van der Waals surface area contributed by atoms with Crippen molar-refractivity contribution in [3.63, 3.8) is 0 Å². The van der Waals surface area contributed by atoms with Crippen LogP contribution < -0.4 is 15.8 Å². The van der Waals surface area contributed by atoms with Crippen molar-refractivity contribution in [1.82, 2.24) is 0 Å². The minimum Gasteiger partial charge on any atom is -0.507 e. The second kappa shape index (κ2) is 9.99. The Kier molecular flexibility index (Phi) is 7.43. The van der Waals surface area contributed by atoms with E-state index in [0.29, 0.717) is 5.56 Å². The molecule has 29 heavy (non-hydrogen) atoms. The van der Waals surface area contributed by atoms with Crippen LogP contribution in [0.2, 0.25) is 0 Å². The number of ether oxygens (including phenoxy) is 1. The molecule has 0 atom stereocenters. The van der Waals surface area contributed by atoms with Crippen LogP contribution in [-0.4, -0.2) is 33.7 Å². The number of nitrogens with one attached hydrogen (secondary N) is 1. The molecule has 0 saturated carbocycles. The van der Waals surface area contributed by atoms with E-state index in [1.54, 1.807) is 12.1 Å². The van der Waals surface area contributed by atoms with Crippen LogP contribution in [-0.2, 0) is 9.63 Å². The molecule has 0 fully saturated rings. The predicted octanol–water partition coefficient (Wildman–Crippen LogP) is 2.17. The molecule has 2 aromatic rings. The smallest absolute Gasteiger partial charge is 0.347 e. The second-order valence-corrected chi connectivity index (χ2v) is 6.16. The van der Waals surface area contributed by atoms with E-state index < -0.39 is 17.0 Å². The molecule has 152 valence electrons. The van der Waals surface area contributed by atoms with E-state index in [9.17, 15) is 24.8 Å². The average Bonchev–Trinajstić information content (AvgIpc) is 2.65. The highest BCUT2D eigenvalue weighted by molar-refractivity contribution is 7.80. The SMILES string of the molecule is NC(=S)c1ccc(OC(=O)c2ccc(NC(=O)CCCO[N+](=O)[O-])cc2O)cc1. The highest BCUT2D eigenvalue weighted by Crippen LogP contribution is 2.24. The van der Waals surface area contributed by atoms with Crippen LogP contribution in [0.3, 0.4) is 0 Å². The van der Waals surface area contributed by atoms with E-state index in [1.165, 1.54) is 30.3 Å². The maximum atomic E-state index is 12.2. The summed E-state index contributed by atoms with van der Waals surface area (Å²) >= 11 is 4.84. The Morgan fingerprint density at radius 3 is 2.48 bits per heavy atom. The van der Waals surface area contributed by atoms with Crippen molar-refractivity contribution in [2.24, 2.45) is 5.73 Å². The lowest BCUT2D eigenvalue weighted by atomic mass is 10.1. The first-order chi connectivity index (χ1) is 13.8. The molecule has 11 heteroatoms. The lowest BCUT2D eigenvalue weighted by Crippen LogP contribution is -2.14. The summed E-state index contributed by atoms with van der Waals surface area (Å²) in [6.45, 7) is -0.200. The van der Waals surface area contributed by atoms with Crippen molar-refractivity contribution in [1.29, 1.82) is 0 Å². The van der Waals surface area contributed by atoms with Gasteiger partial charge in [-0.25, -0.2) is 4.79 Å². The summed E-state index contributed by atoms with van der Waals surface area (Å²) in [6, 6.07) is 10.1. The number of hydrogen-bond donors (Lipinski definition) is 3. The molecule has 0 spiro atoms. The number of phenolic OH excluding ortho intramolecular Hbond substituents is 1. The van der Waals surface area contributed by atoms with Crippen LogP contribution in [0.15, 0.2) is 42.5 Å². The molecule has 2 aromatic carbocycles. The maximum absolute atomic E-state index is 12.2. The summed E-state index contributed by atoms with van der Waals surface area (Å²) in [5.41, 5.74) is 6.27. The zero-order valence-electron chi connectivity index (χ0n) is 15.0. The van der Waals surface area contributed by atoms with Gasteiger partial charge in [0, 0.05) is 23.7 Å². The molecule has 0 aliphatic rings. The number of rotatable bonds is 9. The van der Waals surface area contributed by atoms with Crippen molar-refractivity contribution >= 4 is 34.8 Å². The number of nitrogens with two attached hydrogens (primary N) is 1. The standard InChI is InChI=1S/C18H17N3O7S/c19-17(29)11-3-6-13(7-4-11)28-18(24)14-8-5-12(10-15(14)22)20-16(23)2-1-9-27-21(25)26/h3-8,10,22H,1-2,9H2,(H2,19,29)(H,20,23). The number of esters is 1. The van der Waals surface area contributed by atoms with Crippen LogP contribution >= 0.6 is 12.2 Å². The first-order valence-electron chi connectivity index (χ1n) is 8.28. The third-order valence-electron chi connectivity index (χ3n) is 3.60. The average molecular weight is 419 g/mol. The molecule has 0 unspecified atom stereocenters. The summed E-state index contributed by atoms with van der Waals surface area (Å²) in [4.78, 5) is 38.3. The maximum Gasteiger partial charge on any atom is 0.347 e. The molecule has 0 bridgehead atoms. The highest BCUT2D eigenvalue weighted by Gasteiger charge is 2.15. The van der Waals surface area contributed by atoms with Gasteiger partial charge in [-0.2, -0.15) is 0 Å². The van der Waals surface area contributed by atoms with Gasteiger partial charge in [0.25, 0.3) is 5.09 Å². The molecule has 4 N–H and O–H groups in total. The van der Waals surface area contributed by atoms with Crippen LogP contribution in [0.5, 0.6) is 11.5 Å². The van der Waals surface area contributed by atoms with Gasteiger partial charge in [-0.3, -0.25) is 4.79 Å². The van der Waals surface area contributed by atoms with Gasteiger partial charge in [-0.15, -0.1) is 10.1 Å². The van der Waals surface area contributed by atoms with Crippen LogP contribution in [0.4, 0.5) is 5.69 Å². The van der Waals surface area contributed by atoms with Gasteiger partial charge >= 0.3 is 5.97 Å². The second-order valence-electron chi connectivity index (χ2n) is 5.72. The fourth-order valence-corrected chi connectivity index (χ4v) is 2.36. The molecular formula is C18H17N3O7S. The number of aromatic hydroxyl groups is 1. The minimum absolute atomic E-state index is 0.0133. The van der Waals surface area contributed by atoms with E-state index in [2.05, 4.69) is 10.2 Å². The van der Waals surface area contributed by atoms with Crippen LogP contribution in [0.1, 0.15) is 28.8 Å². The number of carbonyl (C=O) groups excluding carboxylic acids is 2. The van der Waals surface area contributed by atoms with Crippen molar-refractivity contribution in [2.45, 2.75) is 12.8 Å². The molecule has 2 rings (SSSR count). The molecule has 0 radical (unpaired) electrons. The summed E-state index contributed by atoms with van der Waals surface area (Å²) < 4.78 is 5.18. The molecule has 0 aliphatic carbocycles. The van der Waals surface area contributed by atoms with E-state index >= 15 is 0 Å². The van der Waals surface area contributed by atoms with E-state index in [0.717, 1.165) is 0 Å². The molecule has 0 aliphatic heterocycles. The van der Waals surface area contributed by atoms with Gasteiger partial charge in [0.15, 0.2) is 0 Å². The highest BCUT2D eigenvalue weighted by atomic mass is 32.1. The number of nitrogens with zero attached hydrogens (tertiary/aromatic N) is 1. The lowest BCUT2D eigenvalue weighted by Gasteiger charge is -2.09. The molecule has 0 aromatic heterocycles. The largest absolute Gasteiger partial charge is 0.507 e. The first-order valence-corrected chi connectivity index (χ1v) is 8.69. The molecule has 1 amide bonds. The monoisotopic (exact) mass is 419 g/mol. The van der Waals surface area contributed by atoms with E-state index in [4.69, 9.17) is 22.7 Å². The minimum atomic E-state index is -0.935. The van der Waals surface area contributed by atoms with Crippen LogP contribution in [0, 0.1) is 10.1 Å². The predicted molar refractivity (Wildman–Crippen MR) is 106 cm³/mol. The Bertz CT molecular complexity index is 932. The Labute approximate surface area is 170 Å². The Hall–Kier alpha value is -3.73. The van der Waals surface area contributed by atoms with E-state index in [-0.39, 0.29) is 47.2 Å². The van der Waals surface area contributed by atoms with Gasteiger partial charge in [0.1, 0.15) is 22.1 Å². The summed E-state index contributed by atoms with van der Waals surface area (Å²) in [6.07, 6.45) is 0.136. The van der Waals surface area contributed by atoms with Crippen LogP contribution in [0.25, 0.3) is 0 Å². The van der Waals surface area contributed by atoms with Gasteiger partial charge in [0.05, 0.1) is 6.61 Å². The number of anilines is 1. The van der Waals surface area contributed by atoms with Crippen molar-refractivity contribution < 1.29 is 29.4 Å². The van der Waals surface area contributed by atoms with Gasteiger partial charge in [-0.1, -0.05) is 12.2 Å². The van der Waals surface area contributed by atoms with Gasteiger partial charge in [0.2, 0.25) is 5.91 Å². The Morgan fingerprint density at radius 1 is 1.21 bits per heavy atom. The number of thiocarbonyl (C=S) groups is 1. The quantitative estimate of drug-likeness (QED) is 0.138.